The Morgan fingerprint density at radius 3 is 2.92 bits per heavy atom. The van der Waals surface area contributed by atoms with Crippen LogP contribution in [0.2, 0.25) is 0 Å². The van der Waals surface area contributed by atoms with E-state index in [-0.39, 0.29) is 11.5 Å². The lowest BCUT2D eigenvalue weighted by Gasteiger charge is -2.13. The lowest BCUT2D eigenvalue weighted by molar-refractivity contribution is 0.102. The highest BCUT2D eigenvalue weighted by molar-refractivity contribution is 6.09. The third-order valence-corrected chi connectivity index (χ3v) is 4.54. The number of H-pyrrole nitrogens is 1. The zero-order valence-corrected chi connectivity index (χ0v) is 13.3. The lowest BCUT2D eigenvalue weighted by atomic mass is 10.1. The number of aromatic amines is 1. The molecule has 4 rings (SSSR count). The predicted octanol–water partition coefficient (Wildman–Crippen LogP) is 2.77. The van der Waals surface area contributed by atoms with Crippen LogP contribution >= 0.6 is 0 Å². The second kappa shape index (κ2) is 5.53. The molecule has 0 fully saturated rings. The molecule has 1 aliphatic rings. The second-order valence-corrected chi connectivity index (χ2v) is 6.04. The molecule has 0 saturated carbocycles. The number of nitrogens with zero attached hydrogens (tertiary/aromatic N) is 1. The molecule has 2 aromatic carbocycles. The van der Waals surface area contributed by atoms with Crippen molar-refractivity contribution in [2.24, 2.45) is 0 Å². The summed E-state index contributed by atoms with van der Waals surface area (Å²) in [4.78, 5) is 29.3. The van der Waals surface area contributed by atoms with Gasteiger partial charge in [0.25, 0.3) is 11.5 Å². The Balaban J connectivity index is 1.69. The van der Waals surface area contributed by atoms with Crippen LogP contribution < -0.4 is 15.8 Å². The van der Waals surface area contributed by atoms with Crippen molar-refractivity contribution in [1.29, 1.82) is 0 Å². The van der Waals surface area contributed by atoms with Crippen LogP contribution in [-0.4, -0.2) is 24.5 Å². The van der Waals surface area contributed by atoms with Crippen LogP contribution in [0.1, 0.15) is 15.9 Å². The van der Waals surface area contributed by atoms with Gasteiger partial charge in [0.1, 0.15) is 0 Å². The van der Waals surface area contributed by atoms with E-state index in [0.29, 0.717) is 16.6 Å². The van der Waals surface area contributed by atoms with Gasteiger partial charge in [-0.2, -0.15) is 0 Å². The molecule has 1 aromatic heterocycles. The monoisotopic (exact) mass is 319 g/mol. The zero-order chi connectivity index (χ0) is 16.7. The van der Waals surface area contributed by atoms with E-state index in [0.717, 1.165) is 24.0 Å². The molecule has 5 nitrogen and oxygen atoms in total. The molecule has 0 unspecified atom stereocenters. The van der Waals surface area contributed by atoms with Crippen molar-refractivity contribution >= 4 is 28.1 Å². The van der Waals surface area contributed by atoms with Gasteiger partial charge < -0.3 is 15.2 Å². The summed E-state index contributed by atoms with van der Waals surface area (Å²) in [7, 11) is 2.03. The summed E-state index contributed by atoms with van der Waals surface area (Å²) in [6, 6.07) is 12.9. The molecule has 1 aliphatic heterocycles. The summed E-state index contributed by atoms with van der Waals surface area (Å²) >= 11 is 0. The van der Waals surface area contributed by atoms with E-state index in [4.69, 9.17) is 0 Å². The number of nitrogens with one attached hydrogen (secondary N) is 2. The third-order valence-electron chi connectivity index (χ3n) is 4.54. The number of carbonyl (C=O) groups is 1. The van der Waals surface area contributed by atoms with Gasteiger partial charge in [-0.25, -0.2) is 0 Å². The Kier molecular flexibility index (Phi) is 3.34. The van der Waals surface area contributed by atoms with Crippen molar-refractivity contribution in [1.82, 2.24) is 4.98 Å². The van der Waals surface area contributed by atoms with Crippen LogP contribution in [0.15, 0.2) is 53.5 Å². The minimum Gasteiger partial charge on any atom is -0.374 e. The van der Waals surface area contributed by atoms with Crippen molar-refractivity contribution in [2.45, 2.75) is 6.42 Å². The van der Waals surface area contributed by atoms with E-state index >= 15 is 0 Å². The first-order chi connectivity index (χ1) is 11.6. The van der Waals surface area contributed by atoms with Gasteiger partial charge in [-0.15, -0.1) is 0 Å². The van der Waals surface area contributed by atoms with E-state index in [2.05, 4.69) is 15.2 Å². The molecule has 5 heteroatoms. The fourth-order valence-electron chi connectivity index (χ4n) is 3.21. The summed E-state index contributed by atoms with van der Waals surface area (Å²) in [5.41, 5.74) is 3.47. The summed E-state index contributed by atoms with van der Waals surface area (Å²) in [5.74, 6) is -0.175. The van der Waals surface area contributed by atoms with E-state index in [1.54, 1.807) is 30.5 Å². The molecule has 3 aromatic rings. The number of amides is 1. The molecular formula is C19H17N3O2. The Bertz CT molecular complexity index is 1010. The van der Waals surface area contributed by atoms with Crippen molar-refractivity contribution < 1.29 is 4.79 Å². The number of rotatable bonds is 2. The molecule has 1 amide bonds. The fraction of sp³-hybridized carbons (Fsp3) is 0.158. The number of hydrogen-bond donors (Lipinski definition) is 2. The number of likely N-dealkylation sites (N-methyl/N-ethyl adjacent to an activating group) is 1. The highest BCUT2D eigenvalue weighted by Gasteiger charge is 2.18. The summed E-state index contributed by atoms with van der Waals surface area (Å²) < 4.78 is 0. The van der Waals surface area contributed by atoms with Crippen LogP contribution in [0.25, 0.3) is 10.8 Å². The number of anilines is 2. The number of fused-ring (bicyclic) bond motifs is 2. The van der Waals surface area contributed by atoms with Gasteiger partial charge in [0.2, 0.25) is 0 Å². The van der Waals surface area contributed by atoms with Crippen molar-refractivity contribution in [3.05, 3.63) is 70.1 Å². The number of carbonyl (C=O) groups excluding carboxylic acids is 1. The van der Waals surface area contributed by atoms with Crippen LogP contribution in [-0.2, 0) is 6.42 Å². The van der Waals surface area contributed by atoms with Crippen molar-refractivity contribution in [3.8, 4) is 0 Å². The molecule has 0 atom stereocenters. The van der Waals surface area contributed by atoms with Gasteiger partial charge in [-0.3, -0.25) is 9.59 Å². The Labute approximate surface area is 138 Å². The van der Waals surface area contributed by atoms with Crippen molar-refractivity contribution in [3.63, 3.8) is 0 Å². The van der Waals surface area contributed by atoms with Gasteiger partial charge in [-0.1, -0.05) is 12.1 Å². The summed E-state index contributed by atoms with van der Waals surface area (Å²) in [5, 5.41) is 4.21. The number of benzene rings is 2. The molecule has 24 heavy (non-hydrogen) atoms. The Morgan fingerprint density at radius 1 is 1.17 bits per heavy atom. The molecule has 2 heterocycles. The summed E-state index contributed by atoms with van der Waals surface area (Å²) in [6.07, 6.45) is 2.60. The molecule has 0 bridgehead atoms. The Hall–Kier alpha value is -3.08. The molecule has 2 N–H and O–H groups in total. The van der Waals surface area contributed by atoms with Crippen LogP contribution in [0, 0.1) is 0 Å². The number of aromatic nitrogens is 1. The first-order valence-corrected chi connectivity index (χ1v) is 7.89. The fourth-order valence-corrected chi connectivity index (χ4v) is 3.21. The Morgan fingerprint density at radius 2 is 2.04 bits per heavy atom. The lowest BCUT2D eigenvalue weighted by Crippen LogP contribution is -2.15. The molecule has 0 radical (unpaired) electrons. The zero-order valence-electron chi connectivity index (χ0n) is 13.3. The van der Waals surface area contributed by atoms with E-state index < -0.39 is 0 Å². The molecular weight excluding hydrogens is 302 g/mol. The van der Waals surface area contributed by atoms with Crippen LogP contribution in [0.4, 0.5) is 11.4 Å². The smallest absolute Gasteiger partial charge is 0.255 e. The quantitative estimate of drug-likeness (QED) is 0.763. The first kappa shape index (κ1) is 14.5. The minimum absolute atomic E-state index is 0.164. The van der Waals surface area contributed by atoms with Gasteiger partial charge in [0.15, 0.2) is 0 Å². The first-order valence-electron chi connectivity index (χ1n) is 7.89. The molecule has 0 saturated heterocycles. The van der Waals surface area contributed by atoms with Crippen molar-refractivity contribution in [2.75, 3.05) is 23.8 Å². The largest absolute Gasteiger partial charge is 0.374 e. The molecule has 120 valence electrons. The van der Waals surface area contributed by atoms with Crippen LogP contribution in [0.3, 0.4) is 0 Å². The van der Waals surface area contributed by atoms with Gasteiger partial charge in [0.05, 0.1) is 0 Å². The predicted molar refractivity (Wildman–Crippen MR) is 95.9 cm³/mol. The maximum atomic E-state index is 12.6. The average molecular weight is 319 g/mol. The van der Waals surface area contributed by atoms with E-state index in [1.807, 2.05) is 25.2 Å². The highest BCUT2D eigenvalue weighted by atomic mass is 16.1. The standard InChI is InChI=1S/C19H17N3O2/c1-22-10-8-12-5-6-13(11-17(12)22)18(23)21-16-4-2-3-15-14(16)7-9-20-19(15)24/h2-7,9,11H,8,10H2,1H3,(H,20,24)(H,21,23). The molecule has 0 spiro atoms. The van der Waals surface area contributed by atoms with Crippen LogP contribution in [0.5, 0.6) is 0 Å². The maximum Gasteiger partial charge on any atom is 0.255 e. The van der Waals surface area contributed by atoms with Gasteiger partial charge in [0, 0.05) is 47.5 Å². The SMILES string of the molecule is CN1CCc2ccc(C(=O)Nc3cccc4c(=O)[nH]ccc34)cc21. The third kappa shape index (κ3) is 2.34. The normalized spacial score (nSPS) is 13.1. The van der Waals surface area contributed by atoms with E-state index in [9.17, 15) is 9.59 Å². The number of pyridine rings is 1. The van der Waals surface area contributed by atoms with Gasteiger partial charge >= 0.3 is 0 Å². The van der Waals surface area contributed by atoms with E-state index in [1.165, 1.54) is 5.56 Å². The molecule has 0 aliphatic carbocycles. The topological polar surface area (TPSA) is 65.2 Å². The summed E-state index contributed by atoms with van der Waals surface area (Å²) in [6.45, 7) is 0.979. The maximum absolute atomic E-state index is 12.6. The second-order valence-electron chi connectivity index (χ2n) is 6.04. The highest BCUT2D eigenvalue weighted by Crippen LogP contribution is 2.28. The van der Waals surface area contributed by atoms with Gasteiger partial charge in [-0.05, 0) is 42.3 Å². The average Bonchev–Trinajstić information content (AvgIpc) is 2.96. The minimum atomic E-state index is -0.175. The number of hydrogen-bond acceptors (Lipinski definition) is 3.